The topological polar surface area (TPSA) is 116 Å². The number of carboxylic acids is 1. The molecule has 1 atom stereocenters. The van der Waals surface area contributed by atoms with Crippen molar-refractivity contribution in [3.63, 3.8) is 0 Å². The first kappa shape index (κ1) is 14.4. The fourth-order valence-corrected chi connectivity index (χ4v) is 1.97. The number of rotatable bonds is 6. The van der Waals surface area contributed by atoms with Gasteiger partial charge in [0.2, 0.25) is 0 Å². The summed E-state index contributed by atoms with van der Waals surface area (Å²) in [6, 6.07) is 4.59. The largest absolute Gasteiger partial charge is 0.508 e. The Morgan fingerprint density at radius 3 is 2.33 bits per heavy atom. The molecule has 0 aliphatic rings. The number of hydrogen-bond donors (Lipinski definition) is 4. The standard InChI is InChI=1S/C10H14N2O5S/c1-11-18(16,17)12-9(10(14)15)6-7-2-4-8(13)5-3-7/h2-5,9,11-13H,6H2,1H3,(H,14,15). The van der Waals surface area contributed by atoms with Gasteiger partial charge in [-0.2, -0.15) is 13.1 Å². The molecule has 0 saturated carbocycles. The van der Waals surface area contributed by atoms with Crippen LogP contribution < -0.4 is 9.44 Å². The van der Waals surface area contributed by atoms with Crippen molar-refractivity contribution in [3.05, 3.63) is 29.8 Å². The highest BCUT2D eigenvalue weighted by Gasteiger charge is 2.23. The summed E-state index contributed by atoms with van der Waals surface area (Å²) in [5.41, 5.74) is 0.596. The molecule has 0 aliphatic carbocycles. The van der Waals surface area contributed by atoms with Crippen LogP contribution in [0.3, 0.4) is 0 Å². The molecule has 4 N–H and O–H groups in total. The van der Waals surface area contributed by atoms with Crippen LogP contribution in [0.1, 0.15) is 5.56 Å². The zero-order chi connectivity index (χ0) is 13.8. The summed E-state index contributed by atoms with van der Waals surface area (Å²) in [4.78, 5) is 11.0. The first-order valence-corrected chi connectivity index (χ1v) is 6.54. The molecule has 0 bridgehead atoms. The quantitative estimate of drug-likeness (QED) is 0.555. The highest BCUT2D eigenvalue weighted by Crippen LogP contribution is 2.11. The fourth-order valence-electron chi connectivity index (χ4n) is 1.29. The Morgan fingerprint density at radius 1 is 1.33 bits per heavy atom. The van der Waals surface area contributed by atoms with Crippen molar-refractivity contribution in [2.75, 3.05) is 7.05 Å². The molecule has 18 heavy (non-hydrogen) atoms. The van der Waals surface area contributed by atoms with Crippen molar-refractivity contribution in [2.45, 2.75) is 12.5 Å². The Morgan fingerprint density at radius 2 is 1.89 bits per heavy atom. The van der Waals surface area contributed by atoms with Gasteiger partial charge in [-0.3, -0.25) is 4.79 Å². The zero-order valence-corrected chi connectivity index (χ0v) is 10.4. The van der Waals surface area contributed by atoms with E-state index in [1.165, 1.54) is 31.3 Å². The Hall–Kier alpha value is -1.64. The first-order valence-electron chi connectivity index (χ1n) is 5.05. The molecule has 0 spiro atoms. The van der Waals surface area contributed by atoms with E-state index in [1.807, 2.05) is 9.44 Å². The van der Waals surface area contributed by atoms with Gasteiger partial charge >= 0.3 is 5.97 Å². The number of phenols is 1. The third-order valence-corrected chi connectivity index (χ3v) is 3.37. The van der Waals surface area contributed by atoms with Crippen molar-refractivity contribution in [3.8, 4) is 5.75 Å². The summed E-state index contributed by atoms with van der Waals surface area (Å²) in [5.74, 6) is -1.22. The van der Waals surface area contributed by atoms with E-state index < -0.39 is 22.2 Å². The second-order valence-electron chi connectivity index (χ2n) is 3.59. The summed E-state index contributed by atoms with van der Waals surface area (Å²) >= 11 is 0. The van der Waals surface area contributed by atoms with Gasteiger partial charge in [0.25, 0.3) is 10.2 Å². The normalized spacial score (nSPS) is 13.2. The number of carbonyl (C=O) groups is 1. The van der Waals surface area contributed by atoms with Crippen LogP contribution in [0.4, 0.5) is 0 Å². The maximum Gasteiger partial charge on any atom is 0.322 e. The first-order chi connectivity index (χ1) is 8.34. The third kappa shape index (κ3) is 4.32. The molecule has 0 aliphatic heterocycles. The van der Waals surface area contributed by atoms with Gasteiger partial charge in [-0.25, -0.2) is 4.72 Å². The minimum atomic E-state index is -3.82. The number of phenolic OH excluding ortho intramolecular Hbond substituents is 1. The van der Waals surface area contributed by atoms with Crippen LogP contribution in [0.5, 0.6) is 5.75 Å². The molecule has 0 heterocycles. The van der Waals surface area contributed by atoms with Crippen molar-refractivity contribution in [1.82, 2.24) is 9.44 Å². The van der Waals surface area contributed by atoms with Crippen molar-refractivity contribution in [1.29, 1.82) is 0 Å². The highest BCUT2D eigenvalue weighted by molar-refractivity contribution is 7.87. The van der Waals surface area contributed by atoms with Gasteiger partial charge in [0, 0.05) is 7.05 Å². The van der Waals surface area contributed by atoms with Crippen LogP contribution in [0.2, 0.25) is 0 Å². The van der Waals surface area contributed by atoms with Crippen LogP contribution in [0, 0.1) is 0 Å². The molecular formula is C10H14N2O5S. The molecule has 1 aromatic rings. The average molecular weight is 274 g/mol. The lowest BCUT2D eigenvalue weighted by Crippen LogP contribution is -2.46. The molecular weight excluding hydrogens is 260 g/mol. The Balaban J connectivity index is 2.81. The van der Waals surface area contributed by atoms with E-state index in [1.54, 1.807) is 0 Å². The lowest BCUT2D eigenvalue weighted by atomic mass is 10.1. The average Bonchev–Trinajstić information content (AvgIpc) is 2.31. The maximum atomic E-state index is 11.2. The third-order valence-electron chi connectivity index (χ3n) is 2.24. The molecule has 100 valence electrons. The molecule has 0 radical (unpaired) electrons. The maximum absolute atomic E-state index is 11.2. The van der Waals surface area contributed by atoms with E-state index in [0.29, 0.717) is 5.56 Å². The van der Waals surface area contributed by atoms with Crippen molar-refractivity contribution < 1.29 is 23.4 Å². The zero-order valence-electron chi connectivity index (χ0n) is 9.62. The SMILES string of the molecule is CNS(=O)(=O)NC(Cc1ccc(O)cc1)C(=O)O. The molecule has 7 nitrogen and oxygen atoms in total. The molecule has 0 fully saturated rings. The second kappa shape index (κ2) is 5.80. The summed E-state index contributed by atoms with van der Waals surface area (Å²) in [6.07, 6.45) is -0.0173. The lowest BCUT2D eigenvalue weighted by Gasteiger charge is -2.14. The van der Waals surface area contributed by atoms with Crippen LogP contribution in [0.25, 0.3) is 0 Å². The molecule has 0 saturated heterocycles. The van der Waals surface area contributed by atoms with E-state index in [9.17, 15) is 13.2 Å². The fraction of sp³-hybridized carbons (Fsp3) is 0.300. The van der Waals surface area contributed by atoms with Crippen LogP contribution in [-0.2, 0) is 21.4 Å². The highest BCUT2D eigenvalue weighted by atomic mass is 32.2. The van der Waals surface area contributed by atoms with Gasteiger partial charge in [0.15, 0.2) is 0 Å². The van der Waals surface area contributed by atoms with Crippen LogP contribution in [0.15, 0.2) is 24.3 Å². The number of aliphatic carboxylic acids is 1. The minimum Gasteiger partial charge on any atom is -0.508 e. The molecule has 1 aromatic carbocycles. The number of carboxylic acid groups (broad SMARTS) is 1. The number of benzene rings is 1. The second-order valence-corrected chi connectivity index (χ2v) is 5.24. The minimum absolute atomic E-state index is 0.0173. The Kier molecular flexibility index (Phi) is 4.65. The summed E-state index contributed by atoms with van der Waals surface area (Å²) in [7, 11) is -2.64. The molecule has 1 unspecified atom stereocenters. The molecule has 0 amide bonds. The predicted molar refractivity (Wildman–Crippen MR) is 64.3 cm³/mol. The molecule has 8 heteroatoms. The smallest absolute Gasteiger partial charge is 0.322 e. The summed E-state index contributed by atoms with van der Waals surface area (Å²) < 4.78 is 26.4. The van der Waals surface area contributed by atoms with E-state index in [4.69, 9.17) is 10.2 Å². The van der Waals surface area contributed by atoms with E-state index in [2.05, 4.69) is 0 Å². The molecule has 0 aromatic heterocycles. The molecule has 1 rings (SSSR count). The van der Waals surface area contributed by atoms with Gasteiger partial charge in [-0.1, -0.05) is 12.1 Å². The number of aromatic hydroxyl groups is 1. The van der Waals surface area contributed by atoms with Crippen LogP contribution in [-0.4, -0.2) is 37.7 Å². The van der Waals surface area contributed by atoms with Gasteiger partial charge in [-0.05, 0) is 24.1 Å². The van der Waals surface area contributed by atoms with Crippen LogP contribution >= 0.6 is 0 Å². The Bertz CT molecular complexity index is 512. The predicted octanol–water partition coefficient (Wildman–Crippen LogP) is -0.558. The van der Waals surface area contributed by atoms with Crippen molar-refractivity contribution in [2.24, 2.45) is 0 Å². The van der Waals surface area contributed by atoms with Gasteiger partial charge in [0.05, 0.1) is 0 Å². The van der Waals surface area contributed by atoms with E-state index >= 15 is 0 Å². The van der Waals surface area contributed by atoms with Crippen molar-refractivity contribution >= 4 is 16.2 Å². The monoisotopic (exact) mass is 274 g/mol. The van der Waals surface area contributed by atoms with Gasteiger partial charge < -0.3 is 10.2 Å². The lowest BCUT2D eigenvalue weighted by molar-refractivity contribution is -0.138. The van der Waals surface area contributed by atoms with Gasteiger partial charge in [-0.15, -0.1) is 0 Å². The number of nitrogens with one attached hydrogen (secondary N) is 2. The summed E-state index contributed by atoms with van der Waals surface area (Å²) in [6.45, 7) is 0. The Labute approximate surface area is 105 Å². The number of hydrogen-bond acceptors (Lipinski definition) is 4. The van der Waals surface area contributed by atoms with E-state index in [0.717, 1.165) is 0 Å². The van der Waals surface area contributed by atoms with Gasteiger partial charge in [0.1, 0.15) is 11.8 Å². The van der Waals surface area contributed by atoms with E-state index in [-0.39, 0.29) is 12.2 Å². The summed E-state index contributed by atoms with van der Waals surface area (Å²) in [5, 5.41) is 18.0.